The minimum absolute atomic E-state index is 0.0999. The van der Waals surface area contributed by atoms with Gasteiger partial charge in [-0.15, -0.1) is 0 Å². The Balaban J connectivity index is 3.61. The van der Waals surface area contributed by atoms with Crippen LogP contribution in [0.1, 0.15) is 6.92 Å². The van der Waals surface area contributed by atoms with Crippen LogP contribution in [0.25, 0.3) is 0 Å². The quantitative estimate of drug-likeness (QED) is 0.489. The maximum Gasteiger partial charge on any atom is 0.407 e. The van der Waals surface area contributed by atoms with Crippen LogP contribution in [0.5, 0.6) is 0 Å². The van der Waals surface area contributed by atoms with Crippen LogP contribution < -0.4 is 11.1 Å². The molecule has 0 fully saturated rings. The SMILES string of the molecule is CC(NC(=O)OCCO)C(N)=O. The molecule has 0 aromatic carbocycles. The lowest BCUT2D eigenvalue weighted by molar-refractivity contribution is -0.119. The second kappa shape index (κ2) is 5.36. The number of ether oxygens (including phenoxy) is 1. The van der Waals surface area contributed by atoms with E-state index in [2.05, 4.69) is 10.1 Å². The fourth-order valence-corrected chi connectivity index (χ4v) is 0.428. The smallest absolute Gasteiger partial charge is 0.407 e. The highest BCUT2D eigenvalue weighted by molar-refractivity contribution is 5.83. The topological polar surface area (TPSA) is 102 Å². The number of amides is 2. The molecule has 0 aromatic rings. The Hall–Kier alpha value is -1.30. The van der Waals surface area contributed by atoms with Crippen molar-refractivity contribution in [3.63, 3.8) is 0 Å². The average molecular weight is 176 g/mol. The summed E-state index contributed by atoms with van der Waals surface area (Å²) in [5.41, 5.74) is 4.85. The zero-order chi connectivity index (χ0) is 9.56. The van der Waals surface area contributed by atoms with Crippen molar-refractivity contribution in [2.24, 2.45) is 5.73 Å². The normalized spacial score (nSPS) is 11.8. The molecule has 6 nitrogen and oxygen atoms in total. The molecule has 1 atom stereocenters. The Bertz CT molecular complexity index is 171. The van der Waals surface area contributed by atoms with Crippen molar-refractivity contribution in [3.05, 3.63) is 0 Å². The van der Waals surface area contributed by atoms with Crippen LogP contribution in [-0.4, -0.2) is 36.4 Å². The van der Waals surface area contributed by atoms with Gasteiger partial charge in [0.25, 0.3) is 0 Å². The monoisotopic (exact) mass is 176 g/mol. The first-order valence-corrected chi connectivity index (χ1v) is 3.41. The molecule has 2 amide bonds. The van der Waals surface area contributed by atoms with E-state index in [-0.39, 0.29) is 13.2 Å². The van der Waals surface area contributed by atoms with E-state index in [1.54, 1.807) is 0 Å². The van der Waals surface area contributed by atoms with Gasteiger partial charge < -0.3 is 20.9 Å². The van der Waals surface area contributed by atoms with E-state index < -0.39 is 18.0 Å². The number of hydrogen-bond acceptors (Lipinski definition) is 4. The highest BCUT2D eigenvalue weighted by Gasteiger charge is 2.11. The predicted molar refractivity (Wildman–Crippen MR) is 40.2 cm³/mol. The van der Waals surface area contributed by atoms with Gasteiger partial charge in [0.2, 0.25) is 5.91 Å². The second-order valence-electron chi connectivity index (χ2n) is 2.13. The first-order valence-electron chi connectivity index (χ1n) is 3.41. The number of primary amides is 1. The zero-order valence-corrected chi connectivity index (χ0v) is 6.74. The van der Waals surface area contributed by atoms with E-state index in [1.807, 2.05) is 0 Å². The second-order valence-corrected chi connectivity index (χ2v) is 2.13. The molecule has 0 aliphatic carbocycles. The van der Waals surface area contributed by atoms with Crippen LogP contribution in [-0.2, 0) is 9.53 Å². The molecule has 0 saturated carbocycles. The van der Waals surface area contributed by atoms with Gasteiger partial charge in [-0.3, -0.25) is 4.79 Å². The number of aliphatic hydroxyl groups excluding tert-OH is 1. The summed E-state index contributed by atoms with van der Waals surface area (Å²) in [5.74, 6) is -0.643. The third-order valence-corrected chi connectivity index (χ3v) is 1.09. The van der Waals surface area contributed by atoms with E-state index in [0.29, 0.717) is 0 Å². The molecule has 6 heteroatoms. The summed E-state index contributed by atoms with van der Waals surface area (Å²) >= 11 is 0. The lowest BCUT2D eigenvalue weighted by atomic mass is 10.3. The van der Waals surface area contributed by atoms with Crippen molar-refractivity contribution in [2.45, 2.75) is 13.0 Å². The number of nitrogens with two attached hydrogens (primary N) is 1. The Labute approximate surface area is 69.7 Å². The van der Waals surface area contributed by atoms with Crippen LogP contribution in [0.15, 0.2) is 0 Å². The van der Waals surface area contributed by atoms with Crippen molar-refractivity contribution in [1.82, 2.24) is 5.32 Å². The van der Waals surface area contributed by atoms with Crippen molar-refractivity contribution >= 4 is 12.0 Å². The van der Waals surface area contributed by atoms with Crippen LogP contribution >= 0.6 is 0 Å². The summed E-state index contributed by atoms with van der Waals surface area (Å²) in [6.07, 6.45) is -0.768. The van der Waals surface area contributed by atoms with E-state index in [9.17, 15) is 9.59 Å². The Kier molecular flexibility index (Phi) is 4.78. The highest BCUT2D eigenvalue weighted by atomic mass is 16.6. The summed E-state index contributed by atoms with van der Waals surface area (Å²) in [7, 11) is 0. The average Bonchev–Trinajstić information content (AvgIpc) is 2.00. The van der Waals surface area contributed by atoms with E-state index >= 15 is 0 Å². The molecular weight excluding hydrogens is 164 g/mol. The molecule has 0 aliphatic heterocycles. The van der Waals surface area contributed by atoms with Crippen molar-refractivity contribution in [2.75, 3.05) is 13.2 Å². The summed E-state index contributed by atoms with van der Waals surface area (Å²) < 4.78 is 4.40. The minimum atomic E-state index is -0.768. The van der Waals surface area contributed by atoms with Gasteiger partial charge in [0.15, 0.2) is 0 Å². The van der Waals surface area contributed by atoms with Crippen molar-refractivity contribution < 1.29 is 19.4 Å². The number of aliphatic hydroxyl groups is 1. The number of alkyl carbamates (subject to hydrolysis) is 1. The highest BCUT2D eigenvalue weighted by Crippen LogP contribution is 1.82. The van der Waals surface area contributed by atoms with Gasteiger partial charge in [-0.05, 0) is 6.92 Å². The Morgan fingerprint density at radius 2 is 2.25 bits per heavy atom. The van der Waals surface area contributed by atoms with Gasteiger partial charge in [0.05, 0.1) is 6.61 Å². The summed E-state index contributed by atoms with van der Waals surface area (Å²) in [5, 5.41) is 10.4. The maximum absolute atomic E-state index is 10.7. The maximum atomic E-state index is 10.7. The largest absolute Gasteiger partial charge is 0.447 e. The van der Waals surface area contributed by atoms with Crippen molar-refractivity contribution in [3.8, 4) is 0 Å². The lowest BCUT2D eigenvalue weighted by Crippen LogP contribution is -2.42. The van der Waals surface area contributed by atoms with E-state index in [1.165, 1.54) is 6.92 Å². The minimum Gasteiger partial charge on any atom is -0.447 e. The van der Waals surface area contributed by atoms with Gasteiger partial charge in [-0.2, -0.15) is 0 Å². The molecule has 4 N–H and O–H groups in total. The number of nitrogens with one attached hydrogen (secondary N) is 1. The summed E-state index contributed by atoms with van der Waals surface area (Å²) in [6, 6.07) is -0.767. The summed E-state index contributed by atoms with van der Waals surface area (Å²) in [6.45, 7) is 1.08. The third-order valence-electron chi connectivity index (χ3n) is 1.09. The first kappa shape index (κ1) is 10.7. The predicted octanol–water partition coefficient (Wildman–Crippen LogP) is -1.42. The fraction of sp³-hybridized carbons (Fsp3) is 0.667. The van der Waals surface area contributed by atoms with Crippen LogP contribution in [0.2, 0.25) is 0 Å². The lowest BCUT2D eigenvalue weighted by Gasteiger charge is -2.09. The number of carbonyl (C=O) groups excluding carboxylic acids is 2. The Morgan fingerprint density at radius 3 is 2.67 bits per heavy atom. The van der Waals surface area contributed by atoms with E-state index in [0.717, 1.165) is 0 Å². The van der Waals surface area contributed by atoms with Crippen LogP contribution in [0.4, 0.5) is 4.79 Å². The number of hydrogen-bond donors (Lipinski definition) is 3. The van der Waals surface area contributed by atoms with Crippen LogP contribution in [0.3, 0.4) is 0 Å². The molecule has 0 radical (unpaired) electrons. The van der Waals surface area contributed by atoms with Crippen molar-refractivity contribution in [1.29, 1.82) is 0 Å². The molecule has 0 heterocycles. The standard InChI is InChI=1S/C6H12N2O4/c1-4(5(7)10)8-6(11)12-3-2-9/h4,9H,2-3H2,1H3,(H2,7,10)(H,8,11). The third kappa shape index (κ3) is 4.51. The molecule has 0 aromatic heterocycles. The van der Waals surface area contributed by atoms with Gasteiger partial charge in [-0.25, -0.2) is 4.79 Å². The molecule has 12 heavy (non-hydrogen) atoms. The molecular formula is C6H12N2O4. The molecule has 0 rings (SSSR count). The fourth-order valence-electron chi connectivity index (χ4n) is 0.428. The van der Waals surface area contributed by atoms with Gasteiger partial charge >= 0.3 is 6.09 Å². The van der Waals surface area contributed by atoms with E-state index in [4.69, 9.17) is 10.8 Å². The summed E-state index contributed by atoms with van der Waals surface area (Å²) in [4.78, 5) is 21.1. The molecule has 0 aliphatic rings. The molecule has 0 bridgehead atoms. The van der Waals surface area contributed by atoms with Gasteiger partial charge in [0.1, 0.15) is 12.6 Å². The Morgan fingerprint density at radius 1 is 1.67 bits per heavy atom. The zero-order valence-electron chi connectivity index (χ0n) is 6.74. The van der Waals surface area contributed by atoms with Gasteiger partial charge in [-0.1, -0.05) is 0 Å². The molecule has 70 valence electrons. The molecule has 0 spiro atoms. The van der Waals surface area contributed by atoms with Gasteiger partial charge in [0, 0.05) is 0 Å². The van der Waals surface area contributed by atoms with Crippen LogP contribution in [0, 0.1) is 0 Å². The number of carbonyl (C=O) groups is 2. The first-order chi connectivity index (χ1) is 5.57. The number of rotatable bonds is 4. The molecule has 1 unspecified atom stereocenters. The molecule has 0 saturated heterocycles.